The largest absolute Gasteiger partial charge is 0.373 e. The van der Waals surface area contributed by atoms with Crippen molar-refractivity contribution in [3.05, 3.63) is 35.9 Å². The number of benzene rings is 1. The van der Waals surface area contributed by atoms with Gasteiger partial charge in [-0.05, 0) is 25.5 Å². The summed E-state index contributed by atoms with van der Waals surface area (Å²) in [5.74, 6) is 0. The standard InChI is InChI=1S/C15H22IN3O2/c1-19-10-8-15(21-2,9-11-19)13(16-18-14(17)20)12-6-4-3-5-7-12/h3-7H,8-11H2,1-2H3,(H3,17,18,20). The zero-order chi connectivity index (χ0) is 15.3. The van der Waals surface area contributed by atoms with Gasteiger partial charge in [0.1, 0.15) is 5.60 Å². The van der Waals surface area contributed by atoms with Crippen molar-refractivity contribution in [2.45, 2.75) is 18.4 Å². The number of primary amides is 1. The van der Waals surface area contributed by atoms with E-state index in [0.29, 0.717) is 0 Å². The fraction of sp³-hybridized carbons (Fsp3) is 0.467. The van der Waals surface area contributed by atoms with E-state index in [9.17, 15) is 4.79 Å². The van der Waals surface area contributed by atoms with E-state index < -0.39 is 27.0 Å². The van der Waals surface area contributed by atoms with Crippen LogP contribution in [0, 0.1) is 0 Å². The summed E-state index contributed by atoms with van der Waals surface area (Å²) in [6, 6.07) is 9.72. The van der Waals surface area contributed by atoms with Crippen molar-refractivity contribution >= 4 is 30.5 Å². The predicted octanol–water partition coefficient (Wildman–Crippen LogP) is 1.87. The minimum Gasteiger partial charge on any atom is -0.373 e. The van der Waals surface area contributed by atoms with Crippen LogP contribution >= 0.6 is 21.0 Å². The summed E-state index contributed by atoms with van der Waals surface area (Å²) < 4.78 is 9.98. The number of halogens is 1. The van der Waals surface area contributed by atoms with Gasteiger partial charge in [0.15, 0.2) is 0 Å². The molecular formula is C15H22IN3O2. The van der Waals surface area contributed by atoms with Crippen LogP contribution in [-0.4, -0.2) is 47.3 Å². The topological polar surface area (TPSA) is 67.6 Å². The first kappa shape index (κ1) is 16.4. The summed E-state index contributed by atoms with van der Waals surface area (Å²) in [5.41, 5.74) is 6.13. The molecule has 116 valence electrons. The average molecular weight is 403 g/mol. The van der Waals surface area contributed by atoms with Gasteiger partial charge < -0.3 is 15.4 Å². The van der Waals surface area contributed by atoms with Crippen molar-refractivity contribution in [3.8, 4) is 0 Å². The molecule has 2 rings (SSSR count). The molecule has 0 radical (unpaired) electrons. The van der Waals surface area contributed by atoms with E-state index in [2.05, 4.69) is 27.6 Å². The molecule has 1 aromatic carbocycles. The number of piperidine rings is 1. The van der Waals surface area contributed by atoms with Gasteiger partial charge in [-0.1, -0.05) is 30.3 Å². The van der Waals surface area contributed by atoms with Crippen LogP contribution in [0.15, 0.2) is 30.3 Å². The molecule has 1 saturated heterocycles. The lowest BCUT2D eigenvalue weighted by molar-refractivity contribution is 0.00360. The zero-order valence-corrected chi connectivity index (χ0v) is 14.6. The number of hydrogen-bond donors (Lipinski definition) is 2. The predicted molar refractivity (Wildman–Crippen MR) is 93.8 cm³/mol. The summed E-state index contributed by atoms with van der Waals surface area (Å²) in [7, 11) is 3.89. The second-order valence-corrected chi connectivity index (χ2v) is 7.39. The normalized spacial score (nSPS) is 19.6. The van der Waals surface area contributed by atoms with Crippen LogP contribution < -0.4 is 9.26 Å². The Morgan fingerprint density at radius 3 is 2.48 bits per heavy atom. The number of nitrogens with zero attached hydrogens (tertiary/aromatic N) is 1. The molecule has 0 atom stereocenters. The SMILES string of the molecule is COC1(C(=INC(N)=O)c2ccccc2)CCN(C)CC1. The van der Waals surface area contributed by atoms with Crippen molar-refractivity contribution in [2.75, 3.05) is 27.2 Å². The Morgan fingerprint density at radius 2 is 1.95 bits per heavy atom. The number of nitrogens with one attached hydrogen (secondary N) is 1. The Labute approximate surface area is 135 Å². The number of ether oxygens (including phenoxy) is 1. The van der Waals surface area contributed by atoms with E-state index >= 15 is 0 Å². The molecule has 0 aliphatic carbocycles. The number of rotatable bonds is 4. The van der Waals surface area contributed by atoms with Gasteiger partial charge in [-0.25, -0.2) is 4.79 Å². The Kier molecular flexibility index (Phi) is 5.72. The van der Waals surface area contributed by atoms with E-state index in [4.69, 9.17) is 10.5 Å². The monoisotopic (exact) mass is 403 g/mol. The molecule has 0 spiro atoms. The minimum atomic E-state index is -0.707. The number of methoxy groups -OCH3 is 1. The number of likely N-dealkylation sites (tertiary alicyclic amines) is 1. The Balaban J connectivity index is 2.38. The van der Waals surface area contributed by atoms with Gasteiger partial charge in [-0.2, -0.15) is 0 Å². The Morgan fingerprint density at radius 1 is 1.33 bits per heavy atom. The molecule has 0 saturated carbocycles. The molecule has 0 bridgehead atoms. The molecule has 0 aromatic heterocycles. The van der Waals surface area contributed by atoms with Crippen LogP contribution in [0.25, 0.3) is 0 Å². The number of carbonyl (C=O) groups excluding carboxylic acids is 1. The summed E-state index contributed by atoms with van der Waals surface area (Å²) >= 11 is -0.707. The van der Waals surface area contributed by atoms with Crippen LogP contribution in [-0.2, 0) is 4.74 Å². The Hall–Kier alpha value is -0.990. The third-order valence-electron chi connectivity index (χ3n) is 3.85. The van der Waals surface area contributed by atoms with Gasteiger partial charge in [0.05, 0.1) is 0 Å². The summed E-state index contributed by atoms with van der Waals surface area (Å²) in [6.45, 7) is 1.98. The quantitative estimate of drug-likeness (QED) is 0.596. The van der Waals surface area contributed by atoms with Crippen molar-refractivity contribution < 1.29 is 9.53 Å². The molecule has 2 amide bonds. The first-order valence-electron chi connectivity index (χ1n) is 6.93. The van der Waals surface area contributed by atoms with E-state index in [1.54, 1.807) is 7.11 Å². The number of urea groups is 1. The van der Waals surface area contributed by atoms with Crippen molar-refractivity contribution in [1.82, 2.24) is 8.43 Å². The highest BCUT2D eigenvalue weighted by Gasteiger charge is 2.38. The molecular weight excluding hydrogens is 381 g/mol. The van der Waals surface area contributed by atoms with E-state index in [0.717, 1.165) is 31.5 Å². The van der Waals surface area contributed by atoms with Crippen LogP contribution in [0.5, 0.6) is 0 Å². The van der Waals surface area contributed by atoms with Gasteiger partial charge in [0.2, 0.25) is 0 Å². The van der Waals surface area contributed by atoms with Gasteiger partial charge in [0.25, 0.3) is 0 Å². The average Bonchev–Trinajstić information content (AvgIpc) is 2.50. The molecule has 1 heterocycles. The molecule has 1 aliphatic rings. The molecule has 3 N–H and O–H groups in total. The van der Waals surface area contributed by atoms with Crippen molar-refractivity contribution in [3.63, 3.8) is 0 Å². The molecule has 5 nitrogen and oxygen atoms in total. The lowest BCUT2D eigenvalue weighted by Crippen LogP contribution is -2.49. The second kappa shape index (κ2) is 7.33. The maximum Gasteiger partial charge on any atom is 0.320 e. The maximum atomic E-state index is 11.1. The molecule has 1 fully saturated rings. The zero-order valence-electron chi connectivity index (χ0n) is 12.4. The third-order valence-corrected chi connectivity index (χ3v) is 6.79. The van der Waals surface area contributed by atoms with Crippen molar-refractivity contribution in [2.24, 2.45) is 5.73 Å². The van der Waals surface area contributed by atoms with Crippen LogP contribution in [0.4, 0.5) is 4.79 Å². The van der Waals surface area contributed by atoms with Gasteiger partial charge in [-0.15, -0.1) is 0 Å². The van der Waals surface area contributed by atoms with Gasteiger partial charge in [-0.3, -0.25) is 3.53 Å². The van der Waals surface area contributed by atoms with Crippen molar-refractivity contribution in [1.29, 1.82) is 0 Å². The summed E-state index contributed by atoms with van der Waals surface area (Å²) in [4.78, 5) is 13.4. The van der Waals surface area contributed by atoms with E-state index in [1.165, 1.54) is 3.51 Å². The number of nitrogens with two attached hydrogens (primary N) is 1. The lowest BCUT2D eigenvalue weighted by atomic mass is 9.85. The van der Waals surface area contributed by atoms with Gasteiger partial charge >= 0.3 is 6.03 Å². The third kappa shape index (κ3) is 4.02. The lowest BCUT2D eigenvalue weighted by Gasteiger charge is -2.41. The Bertz CT molecular complexity index is 511. The fourth-order valence-electron chi connectivity index (χ4n) is 2.57. The fourth-order valence-corrected chi connectivity index (χ4v) is 5.03. The number of hydrogen-bond acceptors (Lipinski definition) is 3. The highest BCUT2D eigenvalue weighted by atomic mass is 127. The number of amides is 2. The first-order valence-corrected chi connectivity index (χ1v) is 9.09. The minimum absolute atomic E-state index is 0.288. The van der Waals surface area contributed by atoms with Crippen LogP contribution in [0.2, 0.25) is 0 Å². The van der Waals surface area contributed by atoms with Gasteiger partial charge in [0, 0.05) is 44.7 Å². The van der Waals surface area contributed by atoms with E-state index in [-0.39, 0.29) is 5.60 Å². The molecule has 21 heavy (non-hydrogen) atoms. The first-order chi connectivity index (χ1) is 10.1. The smallest absolute Gasteiger partial charge is 0.320 e. The van der Waals surface area contributed by atoms with E-state index in [1.807, 2.05) is 18.2 Å². The number of carbonyl (C=O) groups is 1. The summed E-state index contributed by atoms with van der Waals surface area (Å²) in [6.07, 6.45) is 1.87. The summed E-state index contributed by atoms with van der Waals surface area (Å²) in [5, 5.41) is 0. The molecule has 1 aliphatic heterocycles. The maximum absolute atomic E-state index is 11.1. The molecule has 0 unspecified atom stereocenters. The van der Waals surface area contributed by atoms with Crippen LogP contribution in [0.3, 0.4) is 0 Å². The molecule has 6 heteroatoms. The molecule has 1 aromatic rings. The van der Waals surface area contributed by atoms with Crippen LogP contribution in [0.1, 0.15) is 18.4 Å². The second-order valence-electron chi connectivity index (χ2n) is 5.23. The highest BCUT2D eigenvalue weighted by molar-refractivity contribution is 14.2. The highest BCUT2D eigenvalue weighted by Crippen LogP contribution is 2.32.